The minimum absolute atomic E-state index is 0.107. The van der Waals surface area contributed by atoms with Crippen LogP contribution in [0.5, 0.6) is 0 Å². The molecule has 1 heterocycles. The van der Waals surface area contributed by atoms with Crippen molar-refractivity contribution < 1.29 is 0 Å². The molecule has 0 saturated carbocycles. The molecule has 4 nitrogen and oxygen atoms in total. The third kappa shape index (κ3) is 3.28. The molecule has 0 aliphatic rings. The minimum atomic E-state index is -0.107. The van der Waals surface area contributed by atoms with Crippen LogP contribution in [0.4, 0.5) is 0 Å². The van der Waals surface area contributed by atoms with Gasteiger partial charge in [-0.1, -0.05) is 41.9 Å². The summed E-state index contributed by atoms with van der Waals surface area (Å²) in [5.74, 6) is 0.648. The summed E-state index contributed by atoms with van der Waals surface area (Å²) in [4.78, 5) is 21.7. The molecule has 23 heavy (non-hydrogen) atoms. The molecule has 0 spiro atoms. The van der Waals surface area contributed by atoms with E-state index in [1.165, 1.54) is 0 Å². The lowest BCUT2D eigenvalue weighted by Gasteiger charge is -2.25. The van der Waals surface area contributed by atoms with Crippen LogP contribution in [0.1, 0.15) is 24.4 Å². The van der Waals surface area contributed by atoms with Gasteiger partial charge in [-0.3, -0.25) is 9.69 Å². The zero-order chi connectivity index (χ0) is 16.4. The Hall–Kier alpha value is -2.17. The van der Waals surface area contributed by atoms with Crippen LogP contribution in [-0.2, 0) is 6.54 Å². The lowest BCUT2D eigenvalue weighted by molar-refractivity contribution is 0.247. The number of H-pyrrole nitrogens is 1. The molecule has 0 aliphatic heterocycles. The first-order valence-corrected chi connectivity index (χ1v) is 7.86. The second-order valence-electron chi connectivity index (χ2n) is 5.64. The van der Waals surface area contributed by atoms with Gasteiger partial charge in [0.05, 0.1) is 17.4 Å². The molecular weight excluding hydrogens is 310 g/mol. The van der Waals surface area contributed by atoms with Crippen LogP contribution in [0.3, 0.4) is 0 Å². The standard InChI is InChI=1S/C18H18ClN3O/c1-12(13-7-3-5-9-15(13)19)22(2)11-17-20-16-10-6-4-8-14(16)18(23)21-17/h3-10,12H,11H2,1-2H3,(H,20,21,23). The molecule has 0 aliphatic carbocycles. The maximum absolute atomic E-state index is 12.1. The molecule has 1 N–H and O–H groups in total. The number of aromatic amines is 1. The van der Waals surface area contributed by atoms with E-state index in [0.717, 1.165) is 10.6 Å². The highest BCUT2D eigenvalue weighted by Gasteiger charge is 2.16. The molecule has 0 amide bonds. The zero-order valence-electron chi connectivity index (χ0n) is 13.1. The highest BCUT2D eigenvalue weighted by molar-refractivity contribution is 6.31. The van der Waals surface area contributed by atoms with Gasteiger partial charge in [0, 0.05) is 11.1 Å². The molecule has 0 saturated heterocycles. The number of halogens is 1. The van der Waals surface area contributed by atoms with Crippen LogP contribution in [-0.4, -0.2) is 21.9 Å². The predicted molar refractivity (Wildman–Crippen MR) is 93.7 cm³/mol. The van der Waals surface area contributed by atoms with E-state index in [-0.39, 0.29) is 11.6 Å². The van der Waals surface area contributed by atoms with E-state index in [9.17, 15) is 4.79 Å². The average Bonchev–Trinajstić information content (AvgIpc) is 2.54. The predicted octanol–water partition coefficient (Wildman–Crippen LogP) is 3.77. The minimum Gasteiger partial charge on any atom is -0.309 e. The number of fused-ring (bicyclic) bond motifs is 1. The van der Waals surface area contributed by atoms with Crippen molar-refractivity contribution in [3.63, 3.8) is 0 Å². The largest absolute Gasteiger partial charge is 0.309 e. The second-order valence-corrected chi connectivity index (χ2v) is 6.05. The molecule has 0 bridgehead atoms. The quantitative estimate of drug-likeness (QED) is 0.793. The highest BCUT2D eigenvalue weighted by atomic mass is 35.5. The van der Waals surface area contributed by atoms with Gasteiger partial charge in [0.1, 0.15) is 5.82 Å². The molecule has 5 heteroatoms. The van der Waals surface area contributed by atoms with Crippen molar-refractivity contribution in [1.82, 2.24) is 14.9 Å². The van der Waals surface area contributed by atoms with Gasteiger partial charge in [0.2, 0.25) is 0 Å². The van der Waals surface area contributed by atoms with Crippen molar-refractivity contribution in [3.05, 3.63) is 75.3 Å². The number of hydrogen-bond donors (Lipinski definition) is 1. The van der Waals surface area contributed by atoms with Crippen molar-refractivity contribution in [3.8, 4) is 0 Å². The van der Waals surface area contributed by atoms with Gasteiger partial charge in [-0.25, -0.2) is 4.98 Å². The molecule has 1 unspecified atom stereocenters. The van der Waals surface area contributed by atoms with Crippen LogP contribution >= 0.6 is 11.6 Å². The average molecular weight is 328 g/mol. The summed E-state index contributed by atoms with van der Waals surface area (Å²) in [5, 5.41) is 1.35. The number of nitrogens with zero attached hydrogens (tertiary/aromatic N) is 2. The monoisotopic (exact) mass is 327 g/mol. The summed E-state index contributed by atoms with van der Waals surface area (Å²) in [6.45, 7) is 2.62. The third-order valence-electron chi connectivity index (χ3n) is 4.08. The second kappa shape index (κ2) is 6.52. The number of para-hydroxylation sites is 1. The van der Waals surface area contributed by atoms with Gasteiger partial charge in [0.25, 0.3) is 5.56 Å². The molecule has 3 aromatic rings. The molecular formula is C18H18ClN3O. The Bertz CT molecular complexity index is 891. The van der Waals surface area contributed by atoms with Gasteiger partial charge >= 0.3 is 0 Å². The number of aromatic nitrogens is 2. The van der Waals surface area contributed by atoms with E-state index in [2.05, 4.69) is 21.8 Å². The summed E-state index contributed by atoms with van der Waals surface area (Å²) in [5.41, 5.74) is 1.66. The summed E-state index contributed by atoms with van der Waals surface area (Å²) in [6, 6.07) is 15.3. The molecule has 2 aromatic carbocycles. The van der Waals surface area contributed by atoms with Crippen molar-refractivity contribution >= 4 is 22.5 Å². The van der Waals surface area contributed by atoms with Crippen LogP contribution in [0.15, 0.2) is 53.3 Å². The first-order chi connectivity index (χ1) is 11.1. The fourth-order valence-electron chi connectivity index (χ4n) is 2.63. The van der Waals surface area contributed by atoms with Gasteiger partial charge in [-0.15, -0.1) is 0 Å². The normalized spacial score (nSPS) is 12.7. The third-order valence-corrected chi connectivity index (χ3v) is 4.42. The zero-order valence-corrected chi connectivity index (χ0v) is 13.8. The summed E-state index contributed by atoms with van der Waals surface area (Å²) in [7, 11) is 1.99. The Kier molecular flexibility index (Phi) is 4.46. The van der Waals surface area contributed by atoms with E-state index in [4.69, 9.17) is 11.6 Å². The molecule has 1 atom stereocenters. The van der Waals surface area contributed by atoms with Crippen molar-refractivity contribution in [2.75, 3.05) is 7.05 Å². The number of nitrogens with one attached hydrogen (secondary N) is 1. The smallest absolute Gasteiger partial charge is 0.258 e. The fourth-order valence-corrected chi connectivity index (χ4v) is 2.93. The van der Waals surface area contributed by atoms with E-state index in [0.29, 0.717) is 23.3 Å². The van der Waals surface area contributed by atoms with E-state index >= 15 is 0 Å². The first kappa shape index (κ1) is 15.7. The van der Waals surface area contributed by atoms with Crippen LogP contribution in [0.25, 0.3) is 10.9 Å². The topological polar surface area (TPSA) is 49.0 Å². The molecule has 0 fully saturated rings. The van der Waals surface area contributed by atoms with E-state index in [1.807, 2.05) is 49.5 Å². The molecule has 3 rings (SSSR count). The van der Waals surface area contributed by atoms with Gasteiger partial charge in [0.15, 0.2) is 0 Å². The van der Waals surface area contributed by atoms with Gasteiger partial charge in [-0.2, -0.15) is 0 Å². The molecule has 1 aromatic heterocycles. The number of hydrogen-bond acceptors (Lipinski definition) is 3. The Morgan fingerprint density at radius 1 is 1.17 bits per heavy atom. The lowest BCUT2D eigenvalue weighted by Crippen LogP contribution is -2.25. The van der Waals surface area contributed by atoms with Crippen LogP contribution in [0, 0.1) is 0 Å². The Labute approximate surface area is 139 Å². The summed E-state index contributed by atoms with van der Waals surface area (Å²) >= 11 is 6.27. The van der Waals surface area contributed by atoms with Gasteiger partial charge in [-0.05, 0) is 37.7 Å². The molecule has 118 valence electrons. The van der Waals surface area contributed by atoms with Gasteiger partial charge < -0.3 is 4.98 Å². The maximum Gasteiger partial charge on any atom is 0.258 e. The van der Waals surface area contributed by atoms with Crippen LogP contribution in [0.2, 0.25) is 5.02 Å². The lowest BCUT2D eigenvalue weighted by atomic mass is 10.1. The number of benzene rings is 2. The Morgan fingerprint density at radius 2 is 1.87 bits per heavy atom. The highest BCUT2D eigenvalue weighted by Crippen LogP contribution is 2.26. The van der Waals surface area contributed by atoms with Crippen molar-refractivity contribution in [1.29, 1.82) is 0 Å². The summed E-state index contributed by atoms with van der Waals surface area (Å²) in [6.07, 6.45) is 0. The molecule has 0 radical (unpaired) electrons. The Balaban J connectivity index is 1.87. The SMILES string of the molecule is CC(c1ccccc1Cl)N(C)Cc1nc2ccccc2c(=O)[nH]1. The maximum atomic E-state index is 12.1. The fraction of sp³-hybridized carbons (Fsp3) is 0.222. The van der Waals surface area contributed by atoms with Crippen LogP contribution < -0.4 is 5.56 Å². The summed E-state index contributed by atoms with van der Waals surface area (Å²) < 4.78 is 0. The van der Waals surface area contributed by atoms with Crippen molar-refractivity contribution in [2.24, 2.45) is 0 Å². The first-order valence-electron chi connectivity index (χ1n) is 7.49. The number of rotatable bonds is 4. The van der Waals surface area contributed by atoms with E-state index in [1.54, 1.807) is 6.07 Å². The van der Waals surface area contributed by atoms with E-state index < -0.39 is 0 Å². The Morgan fingerprint density at radius 3 is 2.65 bits per heavy atom. The van der Waals surface area contributed by atoms with Crippen molar-refractivity contribution in [2.45, 2.75) is 19.5 Å².